The zero-order valence-electron chi connectivity index (χ0n) is 17.8. The molecule has 0 aliphatic heterocycles. The molecule has 0 heterocycles. The van der Waals surface area contributed by atoms with E-state index in [1.807, 2.05) is 13.8 Å². The van der Waals surface area contributed by atoms with E-state index in [2.05, 4.69) is 10.0 Å². The molecule has 0 radical (unpaired) electrons. The Kier molecular flexibility index (Phi) is 6.76. The van der Waals surface area contributed by atoms with E-state index >= 15 is 0 Å². The molecule has 0 unspecified atom stereocenters. The fourth-order valence-electron chi connectivity index (χ4n) is 3.04. The number of carbonyl (C=O) groups excluding carboxylic acids is 1. The van der Waals surface area contributed by atoms with Crippen molar-refractivity contribution >= 4 is 38.9 Å². The minimum Gasteiger partial charge on any atom is -0.321 e. The van der Waals surface area contributed by atoms with E-state index in [0.29, 0.717) is 17.3 Å². The highest BCUT2D eigenvalue weighted by Crippen LogP contribution is 2.34. The SMILES string of the molecule is Cc1ccc(NS(=O)(=O)c2cc(C(=O)Nc3cc(C(F)(F)F)ccc3Cl)ccc2C)cc1C. The Morgan fingerprint density at radius 2 is 1.55 bits per heavy atom. The number of anilines is 2. The smallest absolute Gasteiger partial charge is 0.321 e. The van der Waals surface area contributed by atoms with Crippen LogP contribution in [0, 0.1) is 20.8 Å². The lowest BCUT2D eigenvalue weighted by Gasteiger charge is -2.14. The van der Waals surface area contributed by atoms with Crippen molar-refractivity contribution in [3.8, 4) is 0 Å². The summed E-state index contributed by atoms with van der Waals surface area (Å²) in [6, 6.07) is 11.6. The fraction of sp³-hybridized carbons (Fsp3) is 0.174. The van der Waals surface area contributed by atoms with Gasteiger partial charge in [-0.25, -0.2) is 8.42 Å². The van der Waals surface area contributed by atoms with Gasteiger partial charge in [-0.2, -0.15) is 13.2 Å². The molecule has 0 saturated heterocycles. The van der Waals surface area contributed by atoms with Crippen molar-refractivity contribution in [3.05, 3.63) is 87.4 Å². The van der Waals surface area contributed by atoms with Crippen molar-refractivity contribution in [3.63, 3.8) is 0 Å². The molecule has 0 saturated carbocycles. The second-order valence-corrected chi connectivity index (χ2v) is 9.59. The number of hydrogen-bond donors (Lipinski definition) is 2. The molecule has 0 aliphatic carbocycles. The molecule has 3 aromatic carbocycles. The van der Waals surface area contributed by atoms with Crippen LogP contribution in [0.5, 0.6) is 0 Å². The molecule has 0 bridgehead atoms. The molecule has 174 valence electrons. The minimum absolute atomic E-state index is 0.0606. The van der Waals surface area contributed by atoms with Gasteiger partial charge >= 0.3 is 6.18 Å². The van der Waals surface area contributed by atoms with Crippen molar-refractivity contribution in [2.24, 2.45) is 0 Å². The van der Waals surface area contributed by atoms with Gasteiger partial charge in [-0.15, -0.1) is 0 Å². The van der Waals surface area contributed by atoms with Gasteiger partial charge in [-0.05, 0) is 79.9 Å². The van der Waals surface area contributed by atoms with Crippen molar-refractivity contribution in [2.75, 3.05) is 10.0 Å². The third kappa shape index (κ3) is 5.66. The number of carbonyl (C=O) groups is 1. The Morgan fingerprint density at radius 1 is 0.879 bits per heavy atom. The lowest BCUT2D eigenvalue weighted by atomic mass is 10.1. The van der Waals surface area contributed by atoms with Crippen LogP contribution in [0.15, 0.2) is 59.5 Å². The lowest BCUT2D eigenvalue weighted by molar-refractivity contribution is -0.137. The number of rotatable bonds is 5. The summed E-state index contributed by atoms with van der Waals surface area (Å²) in [5.41, 5.74) is 1.37. The average molecular weight is 497 g/mol. The van der Waals surface area contributed by atoms with Crippen molar-refractivity contribution in [1.82, 2.24) is 0 Å². The maximum atomic E-state index is 13.0. The van der Waals surface area contributed by atoms with Crippen LogP contribution in [0.25, 0.3) is 0 Å². The predicted octanol–water partition coefficient (Wildman–Crippen LogP) is 6.34. The molecule has 5 nitrogen and oxygen atoms in total. The summed E-state index contributed by atoms with van der Waals surface area (Å²) >= 11 is 5.93. The maximum Gasteiger partial charge on any atom is 0.416 e. The van der Waals surface area contributed by atoms with E-state index in [1.165, 1.54) is 12.1 Å². The summed E-state index contributed by atoms with van der Waals surface area (Å²) < 4.78 is 67.4. The predicted molar refractivity (Wildman–Crippen MR) is 122 cm³/mol. The van der Waals surface area contributed by atoms with Gasteiger partial charge in [-0.3, -0.25) is 9.52 Å². The standard InChI is InChI=1S/C23H20ClF3N2O3S/c1-13-5-8-18(10-15(13)3)29-33(31,32)21-11-16(6-4-14(21)2)22(30)28-20-12-17(23(25,26)27)7-9-19(20)24/h4-12,29H,1-3H3,(H,28,30). The molecular formula is C23H20ClF3N2O3S. The molecule has 3 rings (SSSR count). The Morgan fingerprint density at radius 3 is 2.18 bits per heavy atom. The molecule has 3 aromatic rings. The third-order valence-corrected chi connectivity index (χ3v) is 6.89. The van der Waals surface area contributed by atoms with Gasteiger partial charge in [0.05, 0.1) is 21.2 Å². The third-order valence-electron chi connectivity index (χ3n) is 5.04. The van der Waals surface area contributed by atoms with Gasteiger partial charge in [0.15, 0.2) is 0 Å². The topological polar surface area (TPSA) is 75.3 Å². The molecule has 10 heteroatoms. The van der Waals surface area contributed by atoms with E-state index in [9.17, 15) is 26.4 Å². The lowest BCUT2D eigenvalue weighted by Crippen LogP contribution is -2.17. The van der Waals surface area contributed by atoms with Crippen LogP contribution in [0.2, 0.25) is 5.02 Å². The summed E-state index contributed by atoms with van der Waals surface area (Å²) in [6.07, 6.45) is -4.62. The van der Waals surface area contributed by atoms with Crippen molar-refractivity contribution in [2.45, 2.75) is 31.8 Å². The molecular weight excluding hydrogens is 477 g/mol. The molecule has 0 spiro atoms. The second kappa shape index (κ2) is 9.07. The van der Waals surface area contributed by atoms with Gasteiger partial charge in [0.25, 0.3) is 15.9 Å². The quantitative estimate of drug-likeness (QED) is 0.433. The Hall–Kier alpha value is -3.04. The molecule has 0 aliphatic rings. The van der Waals surface area contributed by atoms with E-state index < -0.39 is 27.7 Å². The van der Waals surface area contributed by atoms with Gasteiger partial charge < -0.3 is 5.32 Å². The molecule has 0 atom stereocenters. The van der Waals surface area contributed by atoms with Crippen LogP contribution in [0.1, 0.15) is 32.6 Å². The summed E-state index contributed by atoms with van der Waals surface area (Å²) in [7, 11) is -4.04. The highest BCUT2D eigenvalue weighted by Gasteiger charge is 2.31. The first-order valence-electron chi connectivity index (χ1n) is 9.67. The van der Waals surface area contributed by atoms with Crippen LogP contribution in [0.3, 0.4) is 0 Å². The number of alkyl halides is 3. The highest BCUT2D eigenvalue weighted by atomic mass is 35.5. The monoisotopic (exact) mass is 496 g/mol. The van der Waals surface area contributed by atoms with Crippen LogP contribution < -0.4 is 10.0 Å². The largest absolute Gasteiger partial charge is 0.416 e. The van der Waals surface area contributed by atoms with Crippen LogP contribution >= 0.6 is 11.6 Å². The molecule has 0 fully saturated rings. The van der Waals surface area contributed by atoms with E-state index in [-0.39, 0.29) is 21.2 Å². The normalized spacial score (nSPS) is 11.8. The van der Waals surface area contributed by atoms with Crippen molar-refractivity contribution < 1.29 is 26.4 Å². The number of sulfonamides is 1. The zero-order chi connectivity index (χ0) is 24.6. The van der Waals surface area contributed by atoms with Gasteiger partial charge in [0.1, 0.15) is 0 Å². The average Bonchev–Trinajstić information content (AvgIpc) is 2.71. The Balaban J connectivity index is 1.91. The first-order chi connectivity index (χ1) is 15.3. The fourth-order valence-corrected chi connectivity index (χ4v) is 4.52. The van der Waals surface area contributed by atoms with Crippen molar-refractivity contribution in [1.29, 1.82) is 0 Å². The Bertz CT molecular complexity index is 1340. The number of halogens is 4. The first-order valence-corrected chi connectivity index (χ1v) is 11.5. The van der Waals surface area contributed by atoms with Gasteiger partial charge in [0.2, 0.25) is 0 Å². The number of nitrogens with one attached hydrogen (secondary N) is 2. The molecule has 2 N–H and O–H groups in total. The highest BCUT2D eigenvalue weighted by molar-refractivity contribution is 7.92. The number of aryl methyl sites for hydroxylation is 3. The second-order valence-electron chi connectivity index (χ2n) is 7.53. The number of benzene rings is 3. The van der Waals surface area contributed by atoms with E-state index in [0.717, 1.165) is 29.3 Å². The molecule has 33 heavy (non-hydrogen) atoms. The van der Waals surface area contributed by atoms with E-state index in [1.54, 1.807) is 25.1 Å². The molecule has 1 amide bonds. The molecule has 0 aromatic heterocycles. The van der Waals surface area contributed by atoms with Gasteiger partial charge in [-0.1, -0.05) is 23.7 Å². The zero-order valence-corrected chi connectivity index (χ0v) is 19.4. The summed E-state index contributed by atoms with van der Waals surface area (Å²) in [4.78, 5) is 12.6. The number of hydrogen-bond acceptors (Lipinski definition) is 3. The maximum absolute atomic E-state index is 13.0. The summed E-state index contributed by atoms with van der Waals surface area (Å²) in [6.45, 7) is 5.32. The number of amides is 1. The minimum atomic E-state index is -4.62. The van der Waals surface area contributed by atoms with Crippen LogP contribution in [0.4, 0.5) is 24.5 Å². The first kappa shape index (κ1) is 24.6. The van der Waals surface area contributed by atoms with E-state index in [4.69, 9.17) is 11.6 Å². The van der Waals surface area contributed by atoms with Crippen LogP contribution in [-0.4, -0.2) is 14.3 Å². The van der Waals surface area contributed by atoms with Gasteiger partial charge in [0, 0.05) is 11.3 Å². The summed E-state index contributed by atoms with van der Waals surface area (Å²) in [5, 5.41) is 2.22. The Labute approximate surface area is 194 Å². The van der Waals surface area contributed by atoms with Crippen LogP contribution in [-0.2, 0) is 16.2 Å². The summed E-state index contributed by atoms with van der Waals surface area (Å²) in [5.74, 6) is -0.807.